The van der Waals surface area contributed by atoms with E-state index in [0.717, 1.165) is 0 Å². The second-order valence-electron chi connectivity index (χ2n) is 3.90. The maximum absolute atomic E-state index is 11.1. The zero-order chi connectivity index (χ0) is 10.1. The Morgan fingerprint density at radius 1 is 1.62 bits per heavy atom. The Morgan fingerprint density at radius 2 is 2.23 bits per heavy atom. The Bertz CT molecular complexity index is 258. The van der Waals surface area contributed by atoms with Crippen molar-refractivity contribution in [3.63, 3.8) is 0 Å². The molecule has 0 bridgehead atoms. The molecule has 0 saturated carbocycles. The Balaban J connectivity index is 2.60. The molecule has 1 heterocycles. The fraction of sp³-hybridized carbons (Fsp3) is 0.556. The predicted molar refractivity (Wildman–Crippen MR) is 49.1 cm³/mol. The molecule has 1 fully saturated rings. The standard InChI is InChI=1S/C9H14N2O2/c1-4-9(2,3)6-11-5-7(12)10-8(11)13/h4H,1,5-6H2,2-3H3,(H,10,12,13). The van der Waals surface area contributed by atoms with E-state index in [1.54, 1.807) is 6.08 Å². The van der Waals surface area contributed by atoms with Crippen molar-refractivity contribution in [1.29, 1.82) is 0 Å². The van der Waals surface area contributed by atoms with E-state index < -0.39 is 0 Å². The molecule has 0 atom stereocenters. The molecular weight excluding hydrogens is 168 g/mol. The van der Waals surface area contributed by atoms with Gasteiger partial charge in [-0.15, -0.1) is 6.58 Å². The normalized spacial score (nSPS) is 17.5. The van der Waals surface area contributed by atoms with Crippen LogP contribution in [0.25, 0.3) is 0 Å². The number of amides is 3. The number of carbonyl (C=O) groups excluding carboxylic acids is 2. The van der Waals surface area contributed by atoms with E-state index in [1.165, 1.54) is 4.90 Å². The smallest absolute Gasteiger partial charge is 0.314 e. The van der Waals surface area contributed by atoms with Gasteiger partial charge in [0, 0.05) is 6.54 Å². The third kappa shape index (κ3) is 2.31. The van der Waals surface area contributed by atoms with Crippen LogP contribution >= 0.6 is 0 Å². The van der Waals surface area contributed by atoms with E-state index in [4.69, 9.17) is 0 Å². The van der Waals surface area contributed by atoms with Gasteiger partial charge >= 0.3 is 6.03 Å². The van der Waals surface area contributed by atoms with Crippen molar-refractivity contribution in [3.05, 3.63) is 12.7 Å². The number of urea groups is 1. The van der Waals surface area contributed by atoms with E-state index >= 15 is 0 Å². The van der Waals surface area contributed by atoms with Crippen LogP contribution < -0.4 is 5.32 Å². The summed E-state index contributed by atoms with van der Waals surface area (Å²) in [5.41, 5.74) is -0.151. The van der Waals surface area contributed by atoms with E-state index in [1.807, 2.05) is 13.8 Å². The van der Waals surface area contributed by atoms with E-state index in [0.29, 0.717) is 6.54 Å². The van der Waals surface area contributed by atoms with Crippen molar-refractivity contribution in [1.82, 2.24) is 10.2 Å². The molecule has 0 unspecified atom stereocenters. The molecule has 0 aliphatic carbocycles. The van der Waals surface area contributed by atoms with E-state index in [9.17, 15) is 9.59 Å². The Kier molecular flexibility index (Phi) is 2.40. The quantitative estimate of drug-likeness (QED) is 0.517. The summed E-state index contributed by atoms with van der Waals surface area (Å²) in [5, 5.41) is 2.23. The lowest BCUT2D eigenvalue weighted by Gasteiger charge is -2.25. The van der Waals surface area contributed by atoms with Crippen LogP contribution in [-0.2, 0) is 4.79 Å². The van der Waals surface area contributed by atoms with Gasteiger partial charge in [-0.2, -0.15) is 0 Å². The van der Waals surface area contributed by atoms with Gasteiger partial charge in [0.25, 0.3) is 0 Å². The number of nitrogens with one attached hydrogen (secondary N) is 1. The molecule has 0 spiro atoms. The first kappa shape index (κ1) is 9.77. The van der Waals surface area contributed by atoms with Gasteiger partial charge in [0.05, 0.1) is 0 Å². The van der Waals surface area contributed by atoms with Crippen molar-refractivity contribution in [3.8, 4) is 0 Å². The molecule has 4 nitrogen and oxygen atoms in total. The molecule has 4 heteroatoms. The minimum Gasteiger partial charge on any atom is -0.314 e. The van der Waals surface area contributed by atoms with Crippen LogP contribution in [0.15, 0.2) is 12.7 Å². The summed E-state index contributed by atoms with van der Waals surface area (Å²) in [5.74, 6) is -0.232. The van der Waals surface area contributed by atoms with Gasteiger partial charge in [0.2, 0.25) is 5.91 Å². The summed E-state index contributed by atoms with van der Waals surface area (Å²) in [4.78, 5) is 23.5. The molecule has 1 saturated heterocycles. The molecule has 1 aliphatic heterocycles. The van der Waals surface area contributed by atoms with Gasteiger partial charge in [-0.05, 0) is 5.41 Å². The highest BCUT2D eigenvalue weighted by atomic mass is 16.2. The second-order valence-corrected chi connectivity index (χ2v) is 3.90. The third-order valence-corrected chi connectivity index (χ3v) is 2.02. The fourth-order valence-corrected chi connectivity index (χ4v) is 1.17. The summed E-state index contributed by atoms with van der Waals surface area (Å²) in [6.07, 6.45) is 1.78. The average Bonchev–Trinajstić information content (AvgIpc) is 2.30. The first-order chi connectivity index (χ1) is 5.94. The lowest BCUT2D eigenvalue weighted by Crippen LogP contribution is -2.35. The number of rotatable bonds is 3. The maximum Gasteiger partial charge on any atom is 0.324 e. The molecule has 0 aromatic heterocycles. The zero-order valence-corrected chi connectivity index (χ0v) is 7.96. The van der Waals surface area contributed by atoms with Crippen molar-refractivity contribution in [2.75, 3.05) is 13.1 Å². The van der Waals surface area contributed by atoms with Crippen molar-refractivity contribution >= 4 is 11.9 Å². The van der Waals surface area contributed by atoms with Crippen molar-refractivity contribution in [2.45, 2.75) is 13.8 Å². The molecule has 0 radical (unpaired) electrons. The van der Waals surface area contributed by atoms with Crippen LogP contribution in [0.1, 0.15) is 13.8 Å². The molecule has 1 N–H and O–H groups in total. The topological polar surface area (TPSA) is 49.4 Å². The van der Waals surface area contributed by atoms with Crippen molar-refractivity contribution < 1.29 is 9.59 Å². The molecule has 0 aromatic carbocycles. The molecule has 1 rings (SSSR count). The van der Waals surface area contributed by atoms with E-state index in [2.05, 4.69) is 11.9 Å². The first-order valence-electron chi connectivity index (χ1n) is 4.17. The van der Waals surface area contributed by atoms with Crippen LogP contribution in [0.5, 0.6) is 0 Å². The Labute approximate surface area is 77.6 Å². The third-order valence-electron chi connectivity index (χ3n) is 2.02. The first-order valence-corrected chi connectivity index (χ1v) is 4.17. The summed E-state index contributed by atoms with van der Waals surface area (Å²) >= 11 is 0. The van der Waals surface area contributed by atoms with Gasteiger partial charge in [0.1, 0.15) is 6.54 Å². The van der Waals surface area contributed by atoms with Gasteiger partial charge in [0.15, 0.2) is 0 Å². The summed E-state index contributed by atoms with van der Waals surface area (Å²) < 4.78 is 0. The van der Waals surface area contributed by atoms with Crippen LogP contribution in [0.4, 0.5) is 4.79 Å². The predicted octanol–water partition coefficient (Wildman–Crippen LogP) is 0.750. The molecule has 1 aliphatic rings. The largest absolute Gasteiger partial charge is 0.324 e. The van der Waals surface area contributed by atoms with Crippen LogP contribution in [0.2, 0.25) is 0 Å². The fourth-order valence-electron chi connectivity index (χ4n) is 1.17. The van der Waals surface area contributed by atoms with Gasteiger partial charge in [-0.3, -0.25) is 10.1 Å². The molecular formula is C9H14N2O2. The summed E-state index contributed by atoms with van der Waals surface area (Å²) in [7, 11) is 0. The highest BCUT2D eigenvalue weighted by Gasteiger charge is 2.30. The minimum atomic E-state index is -0.306. The van der Waals surface area contributed by atoms with Gasteiger partial charge in [-0.25, -0.2) is 4.79 Å². The van der Waals surface area contributed by atoms with Crippen LogP contribution in [0, 0.1) is 5.41 Å². The highest BCUT2D eigenvalue weighted by Crippen LogP contribution is 2.18. The summed E-state index contributed by atoms with van der Waals surface area (Å²) in [6, 6.07) is -0.306. The van der Waals surface area contributed by atoms with Crippen LogP contribution in [0.3, 0.4) is 0 Å². The zero-order valence-electron chi connectivity index (χ0n) is 7.96. The van der Waals surface area contributed by atoms with Gasteiger partial charge < -0.3 is 4.90 Å². The number of carbonyl (C=O) groups is 2. The average molecular weight is 182 g/mol. The summed E-state index contributed by atoms with van der Waals surface area (Å²) in [6.45, 7) is 8.30. The Morgan fingerprint density at radius 3 is 2.62 bits per heavy atom. The number of hydrogen-bond acceptors (Lipinski definition) is 2. The second kappa shape index (κ2) is 3.20. The minimum absolute atomic E-state index is 0.151. The lowest BCUT2D eigenvalue weighted by molar-refractivity contribution is -0.118. The maximum atomic E-state index is 11.1. The number of hydrogen-bond donors (Lipinski definition) is 1. The number of imide groups is 1. The molecule has 3 amide bonds. The lowest BCUT2D eigenvalue weighted by atomic mass is 9.93. The molecule has 0 aromatic rings. The monoisotopic (exact) mass is 182 g/mol. The van der Waals surface area contributed by atoms with E-state index in [-0.39, 0.29) is 23.9 Å². The SMILES string of the molecule is C=CC(C)(C)CN1CC(=O)NC1=O. The molecule has 72 valence electrons. The van der Waals surface area contributed by atoms with Gasteiger partial charge in [-0.1, -0.05) is 19.9 Å². The highest BCUT2D eigenvalue weighted by molar-refractivity contribution is 6.01. The number of nitrogens with zero attached hydrogens (tertiary/aromatic N) is 1. The Hall–Kier alpha value is -1.32. The van der Waals surface area contributed by atoms with Crippen LogP contribution in [-0.4, -0.2) is 29.9 Å². The van der Waals surface area contributed by atoms with Crippen molar-refractivity contribution in [2.24, 2.45) is 5.41 Å². The molecule has 13 heavy (non-hydrogen) atoms.